The molecule has 0 bridgehead atoms. The summed E-state index contributed by atoms with van der Waals surface area (Å²) >= 11 is 0. The van der Waals surface area contributed by atoms with Crippen molar-refractivity contribution < 1.29 is 13.2 Å². The Kier molecular flexibility index (Phi) is 6.00. The minimum atomic E-state index is -3.88. The lowest BCUT2D eigenvalue weighted by Crippen LogP contribution is -2.24. The summed E-state index contributed by atoms with van der Waals surface area (Å²) in [6, 6.07) is 12.1. The number of aryl methyl sites for hydroxylation is 1. The van der Waals surface area contributed by atoms with Crippen LogP contribution >= 0.6 is 0 Å². The summed E-state index contributed by atoms with van der Waals surface area (Å²) in [5.74, 6) is 0.324. The van der Waals surface area contributed by atoms with E-state index in [0.717, 1.165) is 31.5 Å². The Bertz CT molecular complexity index is 1570. The van der Waals surface area contributed by atoms with Crippen LogP contribution in [0.2, 0.25) is 0 Å². The Morgan fingerprint density at radius 1 is 0.971 bits per heavy atom. The first kappa shape index (κ1) is 22.7. The van der Waals surface area contributed by atoms with E-state index in [1.54, 1.807) is 28.8 Å². The van der Waals surface area contributed by atoms with Gasteiger partial charge in [-0.05, 0) is 61.4 Å². The summed E-state index contributed by atoms with van der Waals surface area (Å²) < 4.78 is 29.1. The van der Waals surface area contributed by atoms with Gasteiger partial charge in [0.15, 0.2) is 0 Å². The van der Waals surface area contributed by atoms with Crippen molar-refractivity contribution in [2.45, 2.75) is 37.1 Å². The first-order valence-corrected chi connectivity index (χ1v) is 12.6. The van der Waals surface area contributed by atoms with Crippen LogP contribution in [-0.2, 0) is 23.0 Å². The van der Waals surface area contributed by atoms with Crippen LogP contribution in [0.1, 0.15) is 35.4 Å². The molecule has 1 aliphatic rings. The molecule has 2 N–H and O–H groups in total. The van der Waals surface area contributed by atoms with Crippen molar-refractivity contribution in [3.63, 3.8) is 0 Å². The van der Waals surface area contributed by atoms with E-state index in [0.29, 0.717) is 28.7 Å². The third-order valence-corrected chi connectivity index (χ3v) is 7.14. The number of amides is 1. The number of fused-ring (bicyclic) bond motifs is 2. The predicted octanol–water partition coefficient (Wildman–Crippen LogP) is 2.97. The van der Waals surface area contributed by atoms with Crippen molar-refractivity contribution in [3.8, 4) is 0 Å². The zero-order valence-corrected chi connectivity index (χ0v) is 19.5. The third-order valence-electron chi connectivity index (χ3n) is 5.79. The molecule has 0 saturated heterocycles. The molecule has 2 aromatic heterocycles. The molecule has 0 radical (unpaired) electrons. The van der Waals surface area contributed by atoms with Gasteiger partial charge in [0, 0.05) is 36.6 Å². The van der Waals surface area contributed by atoms with Gasteiger partial charge in [0.05, 0.1) is 15.8 Å². The van der Waals surface area contributed by atoms with Gasteiger partial charge in [-0.1, -0.05) is 6.42 Å². The SMILES string of the molecule is O=C(Nc1ccc(S(=O)(=O)Nc2ncccn2)cc1)c1ccc2c(=O)n3c(nc2c1)CCCCC3. The van der Waals surface area contributed by atoms with Crippen LogP contribution in [0.25, 0.3) is 10.9 Å². The van der Waals surface area contributed by atoms with Gasteiger partial charge < -0.3 is 5.32 Å². The van der Waals surface area contributed by atoms with E-state index >= 15 is 0 Å². The van der Waals surface area contributed by atoms with Crippen LogP contribution in [0.3, 0.4) is 0 Å². The smallest absolute Gasteiger partial charge is 0.264 e. The lowest BCUT2D eigenvalue weighted by atomic mass is 10.1. The molecule has 178 valence electrons. The Morgan fingerprint density at radius 2 is 1.74 bits per heavy atom. The van der Waals surface area contributed by atoms with Gasteiger partial charge in [-0.15, -0.1) is 0 Å². The van der Waals surface area contributed by atoms with Crippen LogP contribution in [-0.4, -0.2) is 33.8 Å². The molecule has 1 amide bonds. The largest absolute Gasteiger partial charge is 0.322 e. The molecule has 2 aromatic carbocycles. The average molecular weight is 491 g/mol. The lowest BCUT2D eigenvalue weighted by Gasteiger charge is -2.11. The zero-order valence-electron chi connectivity index (χ0n) is 18.6. The van der Waals surface area contributed by atoms with Gasteiger partial charge in [-0.2, -0.15) is 0 Å². The summed E-state index contributed by atoms with van der Waals surface area (Å²) in [5, 5.41) is 3.23. The van der Waals surface area contributed by atoms with E-state index in [-0.39, 0.29) is 16.4 Å². The fourth-order valence-electron chi connectivity index (χ4n) is 4.01. The van der Waals surface area contributed by atoms with Crippen molar-refractivity contribution in [2.75, 3.05) is 10.0 Å². The van der Waals surface area contributed by atoms with Crippen LogP contribution in [0.5, 0.6) is 0 Å². The molecule has 10 nitrogen and oxygen atoms in total. The molecule has 0 unspecified atom stereocenters. The van der Waals surface area contributed by atoms with E-state index in [1.807, 2.05) is 0 Å². The maximum absolute atomic E-state index is 12.9. The molecular formula is C24H22N6O4S. The number of rotatable bonds is 5. The number of hydrogen-bond donors (Lipinski definition) is 2. The Morgan fingerprint density at radius 3 is 2.51 bits per heavy atom. The lowest BCUT2D eigenvalue weighted by molar-refractivity contribution is 0.102. The molecule has 5 rings (SSSR count). The van der Waals surface area contributed by atoms with E-state index in [9.17, 15) is 18.0 Å². The van der Waals surface area contributed by atoms with Crippen molar-refractivity contribution in [1.29, 1.82) is 0 Å². The fraction of sp³-hybridized carbons (Fsp3) is 0.208. The van der Waals surface area contributed by atoms with Crippen LogP contribution in [0, 0.1) is 0 Å². The highest BCUT2D eigenvalue weighted by molar-refractivity contribution is 7.92. The number of hydrogen-bond acceptors (Lipinski definition) is 7. The van der Waals surface area contributed by atoms with Gasteiger partial charge in [0.1, 0.15) is 5.82 Å². The maximum atomic E-state index is 12.9. The number of sulfonamides is 1. The molecular weight excluding hydrogens is 468 g/mol. The van der Waals surface area contributed by atoms with Crippen LogP contribution in [0.15, 0.2) is 70.6 Å². The second-order valence-electron chi connectivity index (χ2n) is 8.18. The normalized spacial score (nSPS) is 13.6. The maximum Gasteiger partial charge on any atom is 0.264 e. The highest BCUT2D eigenvalue weighted by atomic mass is 32.2. The Labute approximate surface area is 201 Å². The molecule has 3 heterocycles. The van der Waals surface area contributed by atoms with E-state index in [2.05, 4.69) is 25.0 Å². The number of nitrogens with zero attached hydrogens (tertiary/aromatic N) is 4. The molecule has 0 atom stereocenters. The summed E-state index contributed by atoms with van der Waals surface area (Å²) in [4.78, 5) is 38.1. The summed E-state index contributed by atoms with van der Waals surface area (Å²) in [7, 11) is -3.88. The van der Waals surface area contributed by atoms with Crippen molar-refractivity contribution in [1.82, 2.24) is 19.5 Å². The van der Waals surface area contributed by atoms with Gasteiger partial charge in [0.2, 0.25) is 5.95 Å². The second kappa shape index (κ2) is 9.26. The first-order valence-electron chi connectivity index (χ1n) is 11.2. The number of carbonyl (C=O) groups excluding carboxylic acids is 1. The fourth-order valence-corrected chi connectivity index (χ4v) is 4.97. The summed E-state index contributed by atoms with van der Waals surface area (Å²) in [5.41, 5.74) is 1.18. The van der Waals surface area contributed by atoms with E-state index < -0.39 is 15.9 Å². The molecule has 0 saturated carbocycles. The Hall–Kier alpha value is -4.12. The summed E-state index contributed by atoms with van der Waals surface area (Å²) in [6.45, 7) is 0.666. The first-order chi connectivity index (χ1) is 16.9. The Balaban J connectivity index is 1.35. The number of nitrogens with one attached hydrogen (secondary N) is 2. The van der Waals surface area contributed by atoms with Gasteiger partial charge >= 0.3 is 0 Å². The average Bonchev–Trinajstić information content (AvgIpc) is 3.10. The standard InChI is InChI=1S/C24H22N6O4S/c31-22(16-6-11-19-20(15-16)28-21-5-2-1-3-14-30(21)23(19)32)27-17-7-9-18(10-8-17)35(33,34)29-24-25-12-4-13-26-24/h4,6-13,15H,1-3,5,14H2,(H,27,31)(H,25,26,29). The molecule has 1 aliphatic heterocycles. The number of carbonyl (C=O) groups is 1. The number of anilines is 2. The van der Waals surface area contributed by atoms with Crippen LogP contribution in [0.4, 0.5) is 11.6 Å². The predicted molar refractivity (Wildman–Crippen MR) is 131 cm³/mol. The van der Waals surface area contributed by atoms with E-state index in [4.69, 9.17) is 0 Å². The summed E-state index contributed by atoms with van der Waals surface area (Å²) in [6.07, 6.45) is 6.59. The van der Waals surface area contributed by atoms with Gasteiger partial charge in [-0.3, -0.25) is 14.2 Å². The van der Waals surface area contributed by atoms with Crippen LogP contribution < -0.4 is 15.6 Å². The quantitative estimate of drug-likeness (QED) is 0.439. The molecule has 4 aromatic rings. The second-order valence-corrected chi connectivity index (χ2v) is 9.87. The van der Waals surface area contributed by atoms with Gasteiger partial charge in [-0.25, -0.2) is 28.1 Å². The van der Waals surface area contributed by atoms with E-state index in [1.165, 1.54) is 36.7 Å². The van der Waals surface area contributed by atoms with Crippen molar-refractivity contribution in [2.24, 2.45) is 0 Å². The molecule has 0 aliphatic carbocycles. The van der Waals surface area contributed by atoms with Gasteiger partial charge in [0.25, 0.3) is 21.5 Å². The molecule has 0 spiro atoms. The molecule has 35 heavy (non-hydrogen) atoms. The number of benzene rings is 2. The highest BCUT2D eigenvalue weighted by Gasteiger charge is 2.17. The minimum Gasteiger partial charge on any atom is -0.322 e. The monoisotopic (exact) mass is 490 g/mol. The third kappa shape index (κ3) is 4.76. The topological polar surface area (TPSA) is 136 Å². The minimum absolute atomic E-state index is 0.000903. The van der Waals surface area contributed by atoms with Crippen molar-refractivity contribution in [3.05, 3.63) is 82.7 Å². The molecule has 0 fully saturated rings. The highest BCUT2D eigenvalue weighted by Crippen LogP contribution is 2.19. The zero-order chi connectivity index (χ0) is 24.4. The molecule has 11 heteroatoms. The van der Waals surface area contributed by atoms with Crippen molar-refractivity contribution >= 4 is 38.5 Å². The number of aromatic nitrogens is 4.